The summed E-state index contributed by atoms with van der Waals surface area (Å²) in [5.41, 5.74) is 2.13. The number of rotatable bonds is 5. The van der Waals surface area contributed by atoms with Crippen molar-refractivity contribution in [2.24, 2.45) is 0 Å². The van der Waals surface area contributed by atoms with E-state index in [-0.39, 0.29) is 0 Å². The molecule has 122 valence electrons. The van der Waals surface area contributed by atoms with Crippen LogP contribution in [0, 0.1) is 13.8 Å². The van der Waals surface area contributed by atoms with Gasteiger partial charge in [0.05, 0.1) is 16.8 Å². The molecule has 0 aliphatic carbocycles. The number of ether oxygens (including phenoxy) is 2. The van der Waals surface area contributed by atoms with E-state index in [0.29, 0.717) is 23.7 Å². The second-order valence-corrected chi connectivity index (χ2v) is 5.32. The van der Waals surface area contributed by atoms with E-state index < -0.39 is 5.97 Å². The van der Waals surface area contributed by atoms with Gasteiger partial charge in [0.15, 0.2) is 0 Å². The highest BCUT2D eigenvalue weighted by Crippen LogP contribution is 2.19. The van der Waals surface area contributed by atoms with Crippen LogP contribution in [-0.4, -0.2) is 11.1 Å². The van der Waals surface area contributed by atoms with Crippen LogP contribution in [0.25, 0.3) is 0 Å². The van der Waals surface area contributed by atoms with Crippen molar-refractivity contribution in [3.63, 3.8) is 0 Å². The minimum Gasteiger partial charge on any atom is -0.489 e. The van der Waals surface area contributed by atoms with Crippen LogP contribution in [0.5, 0.6) is 11.5 Å². The van der Waals surface area contributed by atoms with Crippen molar-refractivity contribution in [2.45, 2.75) is 20.5 Å². The van der Waals surface area contributed by atoms with E-state index in [2.05, 4.69) is 5.16 Å². The van der Waals surface area contributed by atoms with Crippen molar-refractivity contribution in [3.8, 4) is 11.5 Å². The van der Waals surface area contributed by atoms with Crippen LogP contribution in [0.1, 0.15) is 27.4 Å². The summed E-state index contributed by atoms with van der Waals surface area (Å²) in [7, 11) is 0. The van der Waals surface area contributed by atoms with E-state index in [4.69, 9.17) is 14.0 Å². The molecule has 3 rings (SSSR count). The Morgan fingerprint density at radius 3 is 2.50 bits per heavy atom. The smallest absolute Gasteiger partial charge is 0.343 e. The molecule has 0 aliphatic rings. The number of hydrogen-bond donors (Lipinski definition) is 0. The molecule has 24 heavy (non-hydrogen) atoms. The van der Waals surface area contributed by atoms with Gasteiger partial charge in [-0.2, -0.15) is 0 Å². The third-order valence-electron chi connectivity index (χ3n) is 3.59. The fourth-order valence-corrected chi connectivity index (χ4v) is 2.23. The molecular formula is C19H17NO4. The maximum Gasteiger partial charge on any atom is 0.343 e. The first-order chi connectivity index (χ1) is 11.6. The largest absolute Gasteiger partial charge is 0.489 e. The number of carbonyl (C=O) groups is 1. The molecule has 0 N–H and O–H groups in total. The Morgan fingerprint density at radius 1 is 1.04 bits per heavy atom. The fourth-order valence-electron chi connectivity index (χ4n) is 2.23. The highest BCUT2D eigenvalue weighted by atomic mass is 16.5. The molecule has 0 fully saturated rings. The Labute approximate surface area is 139 Å². The highest BCUT2D eigenvalue weighted by molar-refractivity contribution is 5.91. The Bertz CT molecular complexity index is 820. The van der Waals surface area contributed by atoms with Crippen molar-refractivity contribution in [1.29, 1.82) is 0 Å². The number of benzene rings is 2. The molecule has 0 bridgehead atoms. The number of nitrogens with zero attached hydrogens (tertiary/aromatic N) is 1. The molecule has 0 spiro atoms. The summed E-state index contributed by atoms with van der Waals surface area (Å²) in [6.07, 6.45) is 0. The van der Waals surface area contributed by atoms with Crippen molar-refractivity contribution >= 4 is 5.97 Å². The van der Waals surface area contributed by atoms with Crippen molar-refractivity contribution < 1.29 is 18.8 Å². The average molecular weight is 323 g/mol. The Kier molecular flexibility index (Phi) is 4.61. The van der Waals surface area contributed by atoms with Gasteiger partial charge in [-0.3, -0.25) is 0 Å². The Hall–Kier alpha value is -3.08. The van der Waals surface area contributed by atoms with Gasteiger partial charge in [-0.05, 0) is 44.2 Å². The third kappa shape index (κ3) is 3.63. The van der Waals surface area contributed by atoms with Gasteiger partial charge >= 0.3 is 5.97 Å². The van der Waals surface area contributed by atoms with E-state index in [9.17, 15) is 4.79 Å². The summed E-state index contributed by atoms with van der Waals surface area (Å²) in [6.45, 7) is 4.04. The molecule has 0 saturated heterocycles. The van der Waals surface area contributed by atoms with Crippen molar-refractivity contribution in [2.75, 3.05) is 0 Å². The van der Waals surface area contributed by atoms with Crippen LogP contribution in [0.2, 0.25) is 0 Å². The van der Waals surface area contributed by atoms with Crippen molar-refractivity contribution in [1.82, 2.24) is 5.16 Å². The van der Waals surface area contributed by atoms with Crippen LogP contribution < -0.4 is 9.47 Å². The predicted molar refractivity (Wildman–Crippen MR) is 88.2 cm³/mol. The molecule has 2 aromatic carbocycles. The molecule has 5 nitrogen and oxygen atoms in total. The molecule has 5 heteroatoms. The van der Waals surface area contributed by atoms with E-state index >= 15 is 0 Å². The van der Waals surface area contributed by atoms with Gasteiger partial charge in [-0.1, -0.05) is 29.4 Å². The number of hydrogen-bond acceptors (Lipinski definition) is 5. The zero-order valence-corrected chi connectivity index (χ0v) is 13.5. The van der Waals surface area contributed by atoms with E-state index in [1.54, 1.807) is 36.4 Å². The lowest BCUT2D eigenvalue weighted by Gasteiger charge is -2.08. The summed E-state index contributed by atoms with van der Waals surface area (Å²) >= 11 is 0. The summed E-state index contributed by atoms with van der Waals surface area (Å²) in [4.78, 5) is 12.2. The van der Waals surface area contributed by atoms with Gasteiger partial charge < -0.3 is 14.0 Å². The lowest BCUT2D eigenvalue weighted by molar-refractivity contribution is 0.0734. The van der Waals surface area contributed by atoms with Crippen molar-refractivity contribution in [3.05, 3.63) is 77.2 Å². The molecule has 1 aromatic heterocycles. The first kappa shape index (κ1) is 15.8. The zero-order chi connectivity index (χ0) is 16.9. The van der Waals surface area contributed by atoms with E-state index in [0.717, 1.165) is 17.0 Å². The van der Waals surface area contributed by atoms with Gasteiger partial charge in [0, 0.05) is 0 Å². The van der Waals surface area contributed by atoms with Gasteiger partial charge in [-0.15, -0.1) is 0 Å². The minimum absolute atomic E-state index is 0.332. The molecule has 0 atom stereocenters. The van der Waals surface area contributed by atoms with E-state index in [1.165, 1.54) is 0 Å². The SMILES string of the molecule is Cc1noc(C)c1COc1cccc(C(=O)Oc2ccccc2)c1. The summed E-state index contributed by atoms with van der Waals surface area (Å²) in [6, 6.07) is 15.8. The molecule has 1 heterocycles. The number of aromatic nitrogens is 1. The molecule has 0 aliphatic heterocycles. The summed E-state index contributed by atoms with van der Waals surface area (Å²) in [5, 5.41) is 3.89. The number of para-hydroxylation sites is 1. The second-order valence-electron chi connectivity index (χ2n) is 5.32. The van der Waals surface area contributed by atoms with Crippen LogP contribution in [-0.2, 0) is 6.61 Å². The lowest BCUT2D eigenvalue weighted by Crippen LogP contribution is -2.08. The Morgan fingerprint density at radius 2 is 1.79 bits per heavy atom. The average Bonchev–Trinajstić information content (AvgIpc) is 2.92. The second kappa shape index (κ2) is 7.00. The maximum absolute atomic E-state index is 12.2. The molecule has 0 amide bonds. The van der Waals surface area contributed by atoms with Crippen LogP contribution >= 0.6 is 0 Å². The standard InChI is InChI=1S/C19H17NO4/c1-13-18(14(2)24-20-13)12-22-17-10-6-7-15(11-17)19(21)23-16-8-4-3-5-9-16/h3-11H,12H2,1-2H3. The van der Waals surface area contributed by atoms with Crippen LogP contribution in [0.3, 0.4) is 0 Å². The van der Waals surface area contributed by atoms with Gasteiger partial charge in [0.1, 0.15) is 23.9 Å². The molecule has 0 saturated carbocycles. The first-order valence-corrected chi connectivity index (χ1v) is 7.55. The van der Waals surface area contributed by atoms with E-state index in [1.807, 2.05) is 32.0 Å². The molecule has 0 unspecified atom stereocenters. The normalized spacial score (nSPS) is 10.4. The third-order valence-corrected chi connectivity index (χ3v) is 3.59. The molecular weight excluding hydrogens is 306 g/mol. The topological polar surface area (TPSA) is 61.6 Å². The van der Waals surface area contributed by atoms with Crippen LogP contribution in [0.15, 0.2) is 59.1 Å². The zero-order valence-electron chi connectivity index (χ0n) is 13.5. The summed E-state index contributed by atoms with van der Waals surface area (Å²) < 4.78 is 16.2. The quantitative estimate of drug-likeness (QED) is 0.523. The lowest BCUT2D eigenvalue weighted by atomic mass is 10.2. The number of esters is 1. The molecule has 3 aromatic rings. The van der Waals surface area contributed by atoms with Gasteiger partial charge in [0.25, 0.3) is 0 Å². The molecule has 0 radical (unpaired) electrons. The fraction of sp³-hybridized carbons (Fsp3) is 0.158. The summed E-state index contributed by atoms with van der Waals surface area (Å²) in [5.74, 6) is 1.39. The first-order valence-electron chi connectivity index (χ1n) is 7.55. The highest BCUT2D eigenvalue weighted by Gasteiger charge is 2.12. The van der Waals surface area contributed by atoms with Crippen LogP contribution in [0.4, 0.5) is 0 Å². The number of aryl methyl sites for hydroxylation is 2. The minimum atomic E-state index is -0.427. The number of carbonyl (C=O) groups excluding carboxylic acids is 1. The van der Waals surface area contributed by atoms with Gasteiger partial charge in [-0.25, -0.2) is 4.79 Å². The predicted octanol–water partition coefficient (Wildman–Crippen LogP) is 4.09. The Balaban J connectivity index is 1.69. The van der Waals surface area contributed by atoms with Gasteiger partial charge in [0.2, 0.25) is 0 Å². The maximum atomic E-state index is 12.2. The monoisotopic (exact) mass is 323 g/mol.